The van der Waals surface area contributed by atoms with E-state index in [2.05, 4.69) is 0 Å². The smallest absolute Gasteiger partial charge is 0.317 e. The molecule has 6 nitrogen and oxygen atoms in total. The van der Waals surface area contributed by atoms with Crippen LogP contribution >= 0.6 is 11.3 Å². The van der Waals surface area contributed by atoms with Crippen molar-refractivity contribution < 1.29 is 24.4 Å². The number of nitrogens with zero attached hydrogens (tertiary/aromatic N) is 1. The Hall–Kier alpha value is -2.67. The summed E-state index contributed by atoms with van der Waals surface area (Å²) in [5.74, 6) is -3.32. The van der Waals surface area contributed by atoms with Gasteiger partial charge in [0.25, 0.3) is 5.71 Å². The Balaban J connectivity index is 2.65. The third-order valence-electron chi connectivity index (χ3n) is 3.73. The van der Waals surface area contributed by atoms with E-state index >= 15 is 0 Å². The van der Waals surface area contributed by atoms with E-state index in [9.17, 15) is 20.0 Å². The Kier molecular flexibility index (Phi) is 6.30. The molecule has 0 aliphatic rings. The van der Waals surface area contributed by atoms with Crippen LogP contribution in [0.4, 0.5) is 0 Å². The summed E-state index contributed by atoms with van der Waals surface area (Å²) >= 11 is 1.30. The van der Waals surface area contributed by atoms with Gasteiger partial charge in [0.05, 0.1) is 6.61 Å². The number of benzene rings is 1. The number of esters is 1. The highest BCUT2D eigenvalue weighted by Gasteiger charge is 2.43. The number of carbonyl (C=O) groups excluding carboxylic acids is 2. The molecular weight excluding hydrogens is 342 g/mol. The molecule has 2 unspecified atom stereocenters. The van der Waals surface area contributed by atoms with Crippen LogP contribution in [0.2, 0.25) is 0 Å². The van der Waals surface area contributed by atoms with Crippen molar-refractivity contribution in [2.75, 3.05) is 6.61 Å². The van der Waals surface area contributed by atoms with Crippen molar-refractivity contribution in [3.05, 3.63) is 63.5 Å². The zero-order valence-electron chi connectivity index (χ0n) is 13.9. The highest BCUT2D eigenvalue weighted by molar-refractivity contribution is 7.10. The molecule has 2 rings (SSSR count). The van der Waals surface area contributed by atoms with E-state index in [0.717, 1.165) is 0 Å². The van der Waals surface area contributed by atoms with Gasteiger partial charge in [0, 0.05) is 15.3 Å². The molecule has 1 N–H and O–H groups in total. The first kappa shape index (κ1) is 18.7. The molecule has 0 spiro atoms. The Bertz CT molecular complexity index is 751. The summed E-state index contributed by atoms with van der Waals surface area (Å²) < 4.78 is 5.04. The minimum atomic E-state index is -1.22. The van der Waals surface area contributed by atoms with Crippen LogP contribution in [-0.2, 0) is 14.3 Å². The van der Waals surface area contributed by atoms with E-state index in [1.54, 1.807) is 54.8 Å². The van der Waals surface area contributed by atoms with Crippen LogP contribution in [0.25, 0.3) is 0 Å². The van der Waals surface area contributed by atoms with Gasteiger partial charge >= 0.3 is 5.97 Å². The van der Waals surface area contributed by atoms with E-state index in [0.29, 0.717) is 10.4 Å². The van der Waals surface area contributed by atoms with Gasteiger partial charge in [0.1, 0.15) is 17.6 Å². The molecule has 2 atom stereocenters. The Morgan fingerprint density at radius 3 is 2.40 bits per heavy atom. The fraction of sp³-hybridized carbons (Fsp3) is 0.278. The molecule has 0 aliphatic carbocycles. The number of ketones is 1. The average molecular weight is 361 g/mol. The Labute approximate surface area is 149 Å². The zero-order chi connectivity index (χ0) is 18.4. The van der Waals surface area contributed by atoms with Gasteiger partial charge < -0.3 is 9.94 Å². The Morgan fingerprint density at radius 2 is 1.92 bits per heavy atom. The maximum Gasteiger partial charge on any atom is 0.317 e. The minimum absolute atomic E-state index is 0.0729. The number of hydrogen-bond acceptors (Lipinski definition) is 6. The summed E-state index contributed by atoms with van der Waals surface area (Å²) in [5, 5.41) is 23.5. The van der Waals surface area contributed by atoms with E-state index in [1.165, 1.54) is 18.3 Å². The van der Waals surface area contributed by atoms with Crippen LogP contribution in [-0.4, -0.2) is 34.2 Å². The molecule has 25 heavy (non-hydrogen) atoms. The molecule has 1 aromatic heterocycles. The number of Topliss-reactive ketones (excluding diaryl/α,β-unsaturated/α-hetero) is 1. The lowest BCUT2D eigenvalue weighted by Gasteiger charge is -2.21. The van der Waals surface area contributed by atoms with Gasteiger partial charge in [-0.25, -0.2) is 0 Å². The van der Waals surface area contributed by atoms with E-state index in [-0.39, 0.29) is 17.2 Å². The summed E-state index contributed by atoms with van der Waals surface area (Å²) in [6.45, 7) is 3.03. The van der Waals surface area contributed by atoms with Gasteiger partial charge in [-0.1, -0.05) is 24.3 Å². The predicted octanol–water partition coefficient (Wildman–Crippen LogP) is 2.99. The molecular formula is C18H19NO5S. The molecule has 132 valence electrons. The van der Waals surface area contributed by atoms with Crippen molar-refractivity contribution in [1.82, 2.24) is 0 Å². The van der Waals surface area contributed by atoms with Crippen LogP contribution < -0.4 is 0 Å². The first-order valence-corrected chi connectivity index (χ1v) is 8.64. The second-order valence-corrected chi connectivity index (χ2v) is 6.34. The quantitative estimate of drug-likeness (QED) is 0.204. The lowest BCUT2D eigenvalue weighted by Crippen LogP contribution is -2.37. The molecule has 7 heteroatoms. The summed E-state index contributed by atoms with van der Waals surface area (Å²) in [6, 6.07) is 11.9. The fourth-order valence-electron chi connectivity index (χ4n) is 2.71. The van der Waals surface area contributed by atoms with Crippen LogP contribution in [0.5, 0.6) is 0 Å². The second-order valence-electron chi connectivity index (χ2n) is 5.36. The highest BCUT2D eigenvalue weighted by atomic mass is 32.1. The first-order valence-electron chi connectivity index (χ1n) is 7.76. The first-order chi connectivity index (χ1) is 12.0. The van der Waals surface area contributed by atoms with E-state index in [1.807, 2.05) is 0 Å². The second kappa shape index (κ2) is 8.43. The molecule has 0 aliphatic heterocycles. The number of ether oxygens (including phenoxy) is 1. The van der Waals surface area contributed by atoms with E-state index < -0.39 is 23.6 Å². The predicted molar refractivity (Wildman–Crippen MR) is 93.8 cm³/mol. The largest absolute Gasteiger partial charge is 0.465 e. The molecule has 1 aromatic carbocycles. The van der Waals surface area contributed by atoms with Crippen LogP contribution in [0.15, 0.2) is 47.8 Å². The molecule has 0 fully saturated rings. The lowest BCUT2D eigenvalue weighted by molar-refractivity contribution is -0.726. The normalized spacial score (nSPS) is 14.3. The van der Waals surface area contributed by atoms with Crippen LogP contribution in [0.3, 0.4) is 0 Å². The SMILES string of the molecule is CCOC(=O)C(C(C)=O)C(/C(c1ccccc1)=[N+](/[O-])O)c1cccs1. The lowest BCUT2D eigenvalue weighted by atomic mass is 9.81. The Morgan fingerprint density at radius 1 is 1.24 bits per heavy atom. The molecule has 0 radical (unpaired) electrons. The van der Waals surface area contributed by atoms with Crippen molar-refractivity contribution in [1.29, 1.82) is 0 Å². The highest BCUT2D eigenvalue weighted by Crippen LogP contribution is 2.34. The zero-order valence-corrected chi connectivity index (χ0v) is 14.7. The third kappa shape index (κ3) is 4.24. The third-order valence-corrected chi connectivity index (χ3v) is 4.69. The standard InChI is InChI=1S/C18H19NO5S/c1-3-24-18(21)15(12(2)20)16(14-10-7-11-25-14)17(19(22)23)13-8-5-4-6-9-13/h4-11,15-16H,3H2,1-2H3,(H,22,23). The number of carbonyl (C=O) groups is 2. The number of hydrogen-bond donors (Lipinski definition) is 1. The summed E-state index contributed by atoms with van der Waals surface area (Å²) in [6.07, 6.45) is 0. The van der Waals surface area contributed by atoms with Crippen LogP contribution in [0.1, 0.15) is 30.2 Å². The summed E-state index contributed by atoms with van der Waals surface area (Å²) in [5.41, 5.74) is 0.352. The van der Waals surface area contributed by atoms with Gasteiger partial charge in [-0.05, 0) is 37.4 Å². The van der Waals surface area contributed by atoms with Gasteiger partial charge in [-0.15, -0.1) is 11.3 Å². The number of thiophene rings is 1. The topological polar surface area (TPSA) is 89.7 Å². The number of rotatable bonds is 7. The molecule has 1 heterocycles. The van der Waals surface area contributed by atoms with Crippen molar-refractivity contribution >= 4 is 28.8 Å². The summed E-state index contributed by atoms with van der Waals surface area (Å²) in [7, 11) is 0. The molecule has 0 amide bonds. The maximum absolute atomic E-state index is 12.4. The van der Waals surface area contributed by atoms with Gasteiger partial charge in [-0.3, -0.25) is 14.8 Å². The van der Waals surface area contributed by atoms with Crippen molar-refractivity contribution in [3.63, 3.8) is 0 Å². The summed E-state index contributed by atoms with van der Waals surface area (Å²) in [4.78, 5) is 25.0. The van der Waals surface area contributed by atoms with Gasteiger partial charge in [0.2, 0.25) is 0 Å². The van der Waals surface area contributed by atoms with Gasteiger partial charge in [0.15, 0.2) is 0 Å². The minimum Gasteiger partial charge on any atom is -0.465 e. The van der Waals surface area contributed by atoms with Crippen molar-refractivity contribution in [2.45, 2.75) is 19.8 Å². The molecule has 2 aromatic rings. The molecule has 0 bridgehead atoms. The van der Waals surface area contributed by atoms with Crippen molar-refractivity contribution in [2.24, 2.45) is 5.92 Å². The van der Waals surface area contributed by atoms with E-state index in [4.69, 9.17) is 4.74 Å². The van der Waals surface area contributed by atoms with Crippen molar-refractivity contribution in [3.8, 4) is 0 Å². The molecule has 0 saturated carbocycles. The molecule has 0 saturated heterocycles. The average Bonchev–Trinajstić information content (AvgIpc) is 3.09. The monoisotopic (exact) mass is 361 g/mol. The van der Waals surface area contributed by atoms with Gasteiger partial charge in [-0.2, -0.15) is 0 Å². The van der Waals surface area contributed by atoms with Crippen LogP contribution in [0, 0.1) is 11.1 Å². The maximum atomic E-state index is 12.4. The fourth-order valence-corrected chi connectivity index (χ4v) is 3.58.